The number of halogens is 6. The van der Waals surface area contributed by atoms with Gasteiger partial charge < -0.3 is 20.6 Å². The molecule has 2 fully saturated rings. The van der Waals surface area contributed by atoms with Crippen LogP contribution < -0.4 is 10.6 Å². The number of nitrogens with zero attached hydrogens (tertiary/aromatic N) is 2. The van der Waals surface area contributed by atoms with Crippen molar-refractivity contribution in [2.45, 2.75) is 62.6 Å². The van der Waals surface area contributed by atoms with Crippen LogP contribution in [0.3, 0.4) is 0 Å². The number of rotatable bonds is 6. The summed E-state index contributed by atoms with van der Waals surface area (Å²) in [5.41, 5.74) is -3.69. The van der Waals surface area contributed by atoms with Crippen molar-refractivity contribution in [3.8, 4) is 0 Å². The van der Waals surface area contributed by atoms with Gasteiger partial charge in [-0.3, -0.25) is 14.6 Å². The van der Waals surface area contributed by atoms with Gasteiger partial charge in [0, 0.05) is 42.1 Å². The van der Waals surface area contributed by atoms with Crippen molar-refractivity contribution in [1.82, 2.24) is 20.5 Å². The molecule has 0 radical (unpaired) electrons. The number of pyridine rings is 1. The molecule has 1 saturated heterocycles. The number of carbonyl (C=O) groups is 2. The van der Waals surface area contributed by atoms with Gasteiger partial charge in [-0.25, -0.2) is 0 Å². The van der Waals surface area contributed by atoms with E-state index in [1.54, 1.807) is 17.2 Å². The molecule has 4 rings (SSSR count). The van der Waals surface area contributed by atoms with Gasteiger partial charge in [0.05, 0.1) is 29.3 Å². The summed E-state index contributed by atoms with van der Waals surface area (Å²) >= 11 is 0. The molecule has 1 aromatic carbocycles. The summed E-state index contributed by atoms with van der Waals surface area (Å²) in [5, 5.41) is 16.4. The van der Waals surface area contributed by atoms with Gasteiger partial charge in [0.25, 0.3) is 5.91 Å². The van der Waals surface area contributed by atoms with E-state index in [1.165, 1.54) is 0 Å². The van der Waals surface area contributed by atoms with E-state index in [2.05, 4.69) is 15.6 Å². The average molecular weight is 559 g/mol. The van der Waals surface area contributed by atoms with Gasteiger partial charge in [-0.15, -0.1) is 0 Å². The minimum atomic E-state index is -5.10. The second kappa shape index (κ2) is 10.8. The van der Waals surface area contributed by atoms with Gasteiger partial charge >= 0.3 is 12.4 Å². The van der Waals surface area contributed by atoms with Gasteiger partial charge in [0.2, 0.25) is 5.91 Å². The highest BCUT2D eigenvalue weighted by Crippen LogP contribution is 2.39. The lowest BCUT2D eigenvalue weighted by atomic mass is 9.77. The summed E-state index contributed by atoms with van der Waals surface area (Å²) in [6, 6.07) is 3.76. The van der Waals surface area contributed by atoms with Crippen molar-refractivity contribution in [3.63, 3.8) is 0 Å². The fourth-order valence-corrected chi connectivity index (χ4v) is 5.00. The minimum Gasteiger partial charge on any atom is -0.385 e. The molecule has 2 heterocycles. The predicted molar refractivity (Wildman–Crippen MR) is 127 cm³/mol. The average Bonchev–Trinajstić information content (AvgIpc) is 2.84. The standard InChI is InChI=1S/C26H28F6N4O3/c1-15-2-3-17(11-34-15)24(39)6-4-20(5-7-24)36(21-12-33-13-21)22(37)14-35-23(38)16-8-18(25(27,28)29)10-19(9-16)26(30,31)32/h2-3,8-11,20-21,33,39H,4-7,12-14H2,1H3,(H,35,38). The van der Waals surface area contributed by atoms with Gasteiger partial charge in [-0.05, 0) is 56.9 Å². The Morgan fingerprint density at radius 1 is 1.03 bits per heavy atom. The highest BCUT2D eigenvalue weighted by molar-refractivity contribution is 5.97. The molecule has 1 aromatic heterocycles. The Bertz CT molecular complexity index is 1170. The number of benzene rings is 1. The highest BCUT2D eigenvalue weighted by atomic mass is 19.4. The molecule has 7 nitrogen and oxygen atoms in total. The molecule has 0 unspecified atom stereocenters. The first-order chi connectivity index (χ1) is 18.2. The maximum atomic E-state index is 13.2. The molecule has 2 amide bonds. The summed E-state index contributed by atoms with van der Waals surface area (Å²) in [6.07, 6.45) is -6.92. The second-order valence-electron chi connectivity index (χ2n) is 10.0. The van der Waals surface area contributed by atoms with Crippen LogP contribution in [-0.2, 0) is 22.7 Å². The molecule has 1 aliphatic carbocycles. The van der Waals surface area contributed by atoms with Gasteiger partial charge in [-0.2, -0.15) is 26.3 Å². The smallest absolute Gasteiger partial charge is 0.385 e. The number of nitrogens with one attached hydrogen (secondary N) is 2. The first-order valence-electron chi connectivity index (χ1n) is 12.4. The maximum absolute atomic E-state index is 13.2. The third-order valence-electron chi connectivity index (χ3n) is 7.32. The molecule has 1 saturated carbocycles. The number of hydrogen-bond donors (Lipinski definition) is 3. The Morgan fingerprint density at radius 3 is 2.08 bits per heavy atom. The number of alkyl halides is 6. The molecule has 0 atom stereocenters. The van der Waals surface area contributed by atoms with Gasteiger partial charge in [-0.1, -0.05) is 6.07 Å². The fourth-order valence-electron chi connectivity index (χ4n) is 5.00. The highest BCUT2D eigenvalue weighted by Gasteiger charge is 2.41. The molecule has 2 aromatic rings. The number of carbonyl (C=O) groups excluding carboxylic acids is 2. The fraction of sp³-hybridized carbons (Fsp3) is 0.500. The van der Waals surface area contributed by atoms with E-state index in [1.807, 2.05) is 13.0 Å². The molecule has 212 valence electrons. The zero-order chi connectivity index (χ0) is 28.6. The van der Waals surface area contributed by atoms with Crippen LogP contribution in [0.4, 0.5) is 26.3 Å². The summed E-state index contributed by atoms with van der Waals surface area (Å²) in [7, 11) is 0. The van der Waals surface area contributed by atoms with Crippen molar-refractivity contribution in [3.05, 3.63) is 64.5 Å². The summed E-state index contributed by atoms with van der Waals surface area (Å²) in [6.45, 7) is 2.24. The SMILES string of the molecule is Cc1ccc(C2(O)CCC(N(C(=O)CNC(=O)c3cc(C(F)(F)F)cc(C(F)(F)F)c3)C3CNC3)CC2)cn1. The third-order valence-corrected chi connectivity index (χ3v) is 7.32. The topological polar surface area (TPSA) is 94.6 Å². The van der Waals surface area contributed by atoms with E-state index >= 15 is 0 Å². The van der Waals surface area contributed by atoms with E-state index in [9.17, 15) is 41.0 Å². The van der Waals surface area contributed by atoms with Crippen LogP contribution in [-0.4, -0.2) is 58.5 Å². The van der Waals surface area contributed by atoms with Crippen LogP contribution in [0.5, 0.6) is 0 Å². The number of aryl methyl sites for hydroxylation is 1. The van der Waals surface area contributed by atoms with Crippen molar-refractivity contribution in [2.75, 3.05) is 19.6 Å². The van der Waals surface area contributed by atoms with E-state index in [-0.39, 0.29) is 18.2 Å². The Balaban J connectivity index is 1.44. The van der Waals surface area contributed by atoms with Crippen LogP contribution in [0.15, 0.2) is 36.5 Å². The Morgan fingerprint density at radius 2 is 1.62 bits per heavy atom. The van der Waals surface area contributed by atoms with E-state index < -0.39 is 53.0 Å². The second-order valence-corrected chi connectivity index (χ2v) is 10.0. The third kappa shape index (κ3) is 6.52. The lowest BCUT2D eigenvalue weighted by Gasteiger charge is -2.47. The van der Waals surface area contributed by atoms with E-state index in [0.29, 0.717) is 56.5 Å². The van der Waals surface area contributed by atoms with E-state index in [0.717, 1.165) is 5.69 Å². The van der Waals surface area contributed by atoms with Gasteiger partial charge in [0.15, 0.2) is 0 Å². The van der Waals surface area contributed by atoms with Crippen molar-refractivity contribution >= 4 is 11.8 Å². The van der Waals surface area contributed by atoms with Crippen LogP contribution in [0.25, 0.3) is 0 Å². The lowest BCUT2D eigenvalue weighted by Crippen LogP contribution is -2.63. The van der Waals surface area contributed by atoms with Gasteiger partial charge in [0.1, 0.15) is 0 Å². The zero-order valence-corrected chi connectivity index (χ0v) is 21.0. The molecule has 3 N–H and O–H groups in total. The van der Waals surface area contributed by atoms with Crippen LogP contribution >= 0.6 is 0 Å². The molecular formula is C26H28F6N4O3. The molecular weight excluding hydrogens is 530 g/mol. The van der Waals surface area contributed by atoms with Crippen LogP contribution in [0.1, 0.15) is 58.4 Å². The number of aromatic nitrogens is 1. The molecule has 0 spiro atoms. The predicted octanol–water partition coefficient (Wildman–Crippen LogP) is 3.79. The Labute approximate surface area is 220 Å². The first-order valence-corrected chi connectivity index (χ1v) is 12.4. The molecule has 39 heavy (non-hydrogen) atoms. The quantitative estimate of drug-likeness (QED) is 0.470. The minimum absolute atomic E-state index is 0.0653. The molecule has 0 bridgehead atoms. The Hall–Kier alpha value is -3.19. The molecule has 1 aliphatic heterocycles. The van der Waals surface area contributed by atoms with Crippen molar-refractivity contribution in [1.29, 1.82) is 0 Å². The van der Waals surface area contributed by atoms with Crippen LogP contribution in [0.2, 0.25) is 0 Å². The van der Waals surface area contributed by atoms with Crippen molar-refractivity contribution < 1.29 is 41.0 Å². The zero-order valence-electron chi connectivity index (χ0n) is 21.0. The molecule has 2 aliphatic rings. The number of aliphatic hydroxyl groups is 1. The molecule has 13 heteroatoms. The normalized spacial score (nSPS) is 22.2. The summed E-state index contributed by atoms with van der Waals surface area (Å²) in [4.78, 5) is 31.6. The Kier molecular flexibility index (Phi) is 7.95. The summed E-state index contributed by atoms with van der Waals surface area (Å²) < 4.78 is 78.9. The monoisotopic (exact) mass is 558 g/mol. The number of hydrogen-bond acceptors (Lipinski definition) is 5. The summed E-state index contributed by atoms with van der Waals surface area (Å²) in [5.74, 6) is -1.73. The largest absolute Gasteiger partial charge is 0.416 e. The number of amides is 2. The van der Waals surface area contributed by atoms with E-state index in [4.69, 9.17) is 0 Å². The lowest BCUT2D eigenvalue weighted by molar-refractivity contribution is -0.143. The van der Waals surface area contributed by atoms with Crippen molar-refractivity contribution in [2.24, 2.45) is 0 Å². The van der Waals surface area contributed by atoms with Crippen LogP contribution in [0, 0.1) is 6.92 Å². The first kappa shape index (κ1) is 28.8. The maximum Gasteiger partial charge on any atom is 0.416 e.